The molecule has 1 atom stereocenters. The number of carbonyl (C=O) groups is 3. The highest BCUT2D eigenvalue weighted by Crippen LogP contribution is 2.32. The van der Waals surface area contributed by atoms with Crippen LogP contribution in [0, 0.1) is 0 Å². The van der Waals surface area contributed by atoms with E-state index >= 15 is 0 Å². The lowest BCUT2D eigenvalue weighted by molar-refractivity contribution is -0.127. The summed E-state index contributed by atoms with van der Waals surface area (Å²) in [6.07, 6.45) is -0.621. The van der Waals surface area contributed by atoms with Gasteiger partial charge in [0.05, 0.1) is 6.54 Å². The minimum atomic E-state index is -0.621. The van der Waals surface area contributed by atoms with Gasteiger partial charge in [-0.1, -0.05) is 78.9 Å². The molecule has 1 saturated heterocycles. The van der Waals surface area contributed by atoms with Crippen molar-refractivity contribution in [1.82, 2.24) is 9.80 Å². The molecular weight excluding hydrogens is 364 g/mol. The van der Waals surface area contributed by atoms with Gasteiger partial charge in [-0.25, -0.2) is 0 Å². The fourth-order valence-electron chi connectivity index (χ4n) is 3.59. The number of Topliss-reactive ketones (excluding diaryl/α,β-unsaturated/α-hetero) is 1. The van der Waals surface area contributed by atoms with E-state index in [1.807, 2.05) is 42.5 Å². The summed E-state index contributed by atoms with van der Waals surface area (Å²) in [5.41, 5.74) is 1.85. The van der Waals surface area contributed by atoms with E-state index in [0.717, 1.165) is 5.56 Å². The van der Waals surface area contributed by atoms with Gasteiger partial charge in [0.2, 0.25) is 5.91 Å². The van der Waals surface area contributed by atoms with Crippen LogP contribution in [0.1, 0.15) is 32.4 Å². The van der Waals surface area contributed by atoms with Crippen molar-refractivity contribution in [1.29, 1.82) is 0 Å². The first-order valence-electron chi connectivity index (χ1n) is 9.44. The first-order valence-corrected chi connectivity index (χ1v) is 9.44. The number of carbonyl (C=O) groups excluding carboxylic acids is 3. The second kappa shape index (κ2) is 8.10. The van der Waals surface area contributed by atoms with Gasteiger partial charge in [-0.05, 0) is 17.7 Å². The van der Waals surface area contributed by atoms with Crippen molar-refractivity contribution < 1.29 is 14.4 Å². The fourth-order valence-corrected chi connectivity index (χ4v) is 3.59. The van der Waals surface area contributed by atoms with Crippen molar-refractivity contribution in [2.45, 2.75) is 6.17 Å². The molecule has 0 N–H and O–H groups in total. The van der Waals surface area contributed by atoms with Crippen molar-refractivity contribution >= 4 is 17.6 Å². The van der Waals surface area contributed by atoms with Crippen molar-refractivity contribution in [2.75, 3.05) is 13.1 Å². The summed E-state index contributed by atoms with van der Waals surface area (Å²) in [7, 11) is 0. The second-order valence-corrected chi connectivity index (χ2v) is 6.89. The van der Waals surface area contributed by atoms with Crippen LogP contribution in [0.25, 0.3) is 0 Å². The highest BCUT2D eigenvalue weighted by atomic mass is 16.2. The third-order valence-corrected chi connectivity index (χ3v) is 5.01. The summed E-state index contributed by atoms with van der Waals surface area (Å²) >= 11 is 0. The number of amides is 2. The molecule has 1 unspecified atom stereocenters. The molecule has 0 spiro atoms. The molecule has 1 aliphatic rings. The topological polar surface area (TPSA) is 57.7 Å². The lowest BCUT2D eigenvalue weighted by Gasteiger charge is -2.30. The Labute approximate surface area is 169 Å². The SMILES string of the molecule is O=C(CN1C(=O)CN(C(=O)c2ccccc2)C1c1ccccc1)c1ccccc1. The Morgan fingerprint density at radius 3 is 1.86 bits per heavy atom. The predicted octanol–water partition coefficient (Wildman–Crippen LogP) is 3.55. The highest BCUT2D eigenvalue weighted by molar-refractivity contribution is 6.02. The van der Waals surface area contributed by atoms with Crippen LogP contribution in [-0.2, 0) is 4.79 Å². The molecule has 2 amide bonds. The molecule has 5 heteroatoms. The lowest BCUT2D eigenvalue weighted by atomic mass is 10.1. The molecule has 4 rings (SSSR count). The van der Waals surface area contributed by atoms with Gasteiger partial charge in [-0.3, -0.25) is 14.4 Å². The van der Waals surface area contributed by atoms with Gasteiger partial charge in [-0.2, -0.15) is 0 Å². The Balaban J connectivity index is 1.67. The average Bonchev–Trinajstić information content (AvgIpc) is 3.11. The number of benzene rings is 3. The molecular formula is C24H20N2O3. The van der Waals surface area contributed by atoms with E-state index in [1.165, 1.54) is 9.80 Å². The van der Waals surface area contributed by atoms with Gasteiger partial charge >= 0.3 is 0 Å². The zero-order valence-corrected chi connectivity index (χ0v) is 15.8. The minimum absolute atomic E-state index is 0.0602. The van der Waals surface area contributed by atoms with Crippen LogP contribution in [0.3, 0.4) is 0 Å². The van der Waals surface area contributed by atoms with Gasteiger partial charge < -0.3 is 9.80 Å². The maximum atomic E-state index is 13.1. The molecule has 3 aromatic carbocycles. The third kappa shape index (κ3) is 3.80. The fraction of sp³-hybridized carbons (Fsp3) is 0.125. The van der Waals surface area contributed by atoms with E-state index < -0.39 is 6.17 Å². The van der Waals surface area contributed by atoms with Gasteiger partial charge in [0, 0.05) is 11.1 Å². The summed E-state index contributed by atoms with van der Waals surface area (Å²) in [6, 6.07) is 27.1. The monoisotopic (exact) mass is 384 g/mol. The van der Waals surface area contributed by atoms with Crippen LogP contribution < -0.4 is 0 Å². The van der Waals surface area contributed by atoms with Crippen molar-refractivity contribution in [2.24, 2.45) is 0 Å². The summed E-state index contributed by atoms with van der Waals surface area (Å²) < 4.78 is 0. The number of nitrogens with zero attached hydrogens (tertiary/aromatic N) is 2. The minimum Gasteiger partial charge on any atom is -0.309 e. The molecule has 0 aliphatic carbocycles. The molecule has 0 radical (unpaired) electrons. The Bertz CT molecular complexity index is 1020. The number of rotatable bonds is 5. The Morgan fingerprint density at radius 2 is 1.28 bits per heavy atom. The Morgan fingerprint density at radius 1 is 0.759 bits per heavy atom. The maximum absolute atomic E-state index is 13.1. The molecule has 5 nitrogen and oxygen atoms in total. The highest BCUT2D eigenvalue weighted by Gasteiger charge is 2.42. The number of hydrogen-bond acceptors (Lipinski definition) is 3. The summed E-state index contributed by atoms with van der Waals surface area (Å²) in [6.45, 7) is -0.143. The third-order valence-electron chi connectivity index (χ3n) is 5.01. The zero-order valence-electron chi connectivity index (χ0n) is 15.8. The van der Waals surface area contributed by atoms with Crippen molar-refractivity contribution in [3.8, 4) is 0 Å². The molecule has 144 valence electrons. The van der Waals surface area contributed by atoms with Gasteiger partial charge in [-0.15, -0.1) is 0 Å². The Kier molecular flexibility index (Phi) is 5.20. The molecule has 1 fully saturated rings. The number of hydrogen-bond donors (Lipinski definition) is 0. The zero-order chi connectivity index (χ0) is 20.2. The van der Waals surface area contributed by atoms with Crippen LogP contribution in [0.4, 0.5) is 0 Å². The summed E-state index contributed by atoms with van der Waals surface area (Å²) in [5.74, 6) is -0.635. The molecule has 0 saturated carbocycles. The molecule has 3 aromatic rings. The summed E-state index contributed by atoms with van der Waals surface area (Å²) in [4.78, 5) is 41.8. The number of ketones is 1. The Hall–Kier alpha value is -3.73. The lowest BCUT2D eigenvalue weighted by Crippen LogP contribution is -2.38. The van der Waals surface area contributed by atoms with Crippen LogP contribution in [-0.4, -0.2) is 40.5 Å². The normalized spacial score (nSPS) is 16.1. The van der Waals surface area contributed by atoms with E-state index in [4.69, 9.17) is 0 Å². The first-order chi connectivity index (χ1) is 14.1. The van der Waals surface area contributed by atoms with Crippen LogP contribution in [0.5, 0.6) is 0 Å². The largest absolute Gasteiger partial charge is 0.309 e. The van der Waals surface area contributed by atoms with Crippen LogP contribution in [0.15, 0.2) is 91.0 Å². The van der Waals surface area contributed by atoms with E-state index in [9.17, 15) is 14.4 Å². The molecule has 0 aromatic heterocycles. The molecule has 1 heterocycles. The quantitative estimate of drug-likeness (QED) is 0.632. The van der Waals surface area contributed by atoms with Gasteiger partial charge in [0.15, 0.2) is 5.78 Å². The first kappa shape index (κ1) is 18.6. The van der Waals surface area contributed by atoms with Crippen molar-refractivity contribution in [3.05, 3.63) is 108 Å². The predicted molar refractivity (Wildman–Crippen MR) is 109 cm³/mol. The molecule has 0 bridgehead atoms. The van der Waals surface area contributed by atoms with E-state index in [0.29, 0.717) is 11.1 Å². The smallest absolute Gasteiger partial charge is 0.256 e. The molecule has 29 heavy (non-hydrogen) atoms. The van der Waals surface area contributed by atoms with E-state index in [1.54, 1.807) is 48.5 Å². The second-order valence-electron chi connectivity index (χ2n) is 6.89. The molecule has 1 aliphatic heterocycles. The maximum Gasteiger partial charge on any atom is 0.256 e. The average molecular weight is 384 g/mol. The van der Waals surface area contributed by atoms with E-state index in [2.05, 4.69) is 0 Å². The van der Waals surface area contributed by atoms with Crippen molar-refractivity contribution in [3.63, 3.8) is 0 Å². The van der Waals surface area contributed by atoms with Gasteiger partial charge in [0.25, 0.3) is 5.91 Å². The van der Waals surface area contributed by atoms with Gasteiger partial charge in [0.1, 0.15) is 12.7 Å². The summed E-state index contributed by atoms with van der Waals surface area (Å²) in [5, 5.41) is 0. The van der Waals surface area contributed by atoms with Crippen LogP contribution >= 0.6 is 0 Å². The van der Waals surface area contributed by atoms with E-state index in [-0.39, 0.29) is 30.7 Å². The van der Waals surface area contributed by atoms with Crippen LogP contribution in [0.2, 0.25) is 0 Å². The standard InChI is InChI=1S/C24H20N2O3/c27-21(18-10-4-1-5-11-18)16-25-22(28)17-26(23(25)19-12-6-2-7-13-19)24(29)20-14-8-3-9-15-20/h1-15,23H,16-17H2.